The van der Waals surface area contributed by atoms with E-state index in [4.69, 9.17) is 4.74 Å². The van der Waals surface area contributed by atoms with Crippen LogP contribution in [-0.2, 0) is 4.79 Å². The van der Waals surface area contributed by atoms with Gasteiger partial charge in [0.05, 0.1) is 22.1 Å². The van der Waals surface area contributed by atoms with Crippen molar-refractivity contribution in [1.82, 2.24) is 10.7 Å². The Morgan fingerprint density at radius 3 is 2.40 bits per heavy atom. The minimum Gasteiger partial charge on any atom is -0.450 e. The molecule has 3 aromatic carbocycles. The number of nitrogens with zero attached hydrogens (tertiary/aromatic N) is 3. The molecule has 0 aliphatic heterocycles. The molecule has 0 atom stereocenters. The lowest BCUT2D eigenvalue weighted by atomic mass is 10.2. The van der Waals surface area contributed by atoms with E-state index in [1.807, 2.05) is 11.4 Å². The van der Waals surface area contributed by atoms with Crippen molar-refractivity contribution < 1.29 is 24.2 Å². The molecule has 0 fully saturated rings. The third-order valence-electron chi connectivity index (χ3n) is 5.17. The van der Waals surface area contributed by atoms with Crippen LogP contribution in [0.3, 0.4) is 0 Å². The molecule has 0 radical (unpaired) electrons. The van der Waals surface area contributed by atoms with E-state index >= 15 is 0 Å². The number of carbonyl (C=O) groups excluding carboxylic acids is 2. The van der Waals surface area contributed by atoms with E-state index in [9.17, 15) is 29.8 Å². The molecule has 2 N–H and O–H groups in total. The molecule has 0 saturated heterocycles. The normalized spacial score (nSPS) is 11.2. The summed E-state index contributed by atoms with van der Waals surface area (Å²) in [5, 5.41) is 30.7. The summed E-state index contributed by atoms with van der Waals surface area (Å²) in [5.41, 5.74) is 2.19. The highest BCUT2D eigenvalue weighted by Gasteiger charge is 2.21. The quantitative estimate of drug-likeness (QED) is 0.116. The lowest BCUT2D eigenvalue weighted by Gasteiger charge is -2.09. The van der Waals surface area contributed by atoms with E-state index in [-0.39, 0.29) is 17.2 Å². The first kappa shape index (κ1) is 27.3. The largest absolute Gasteiger partial charge is 0.450 e. The Morgan fingerprint density at radius 1 is 0.900 bits per heavy atom. The van der Waals surface area contributed by atoms with Crippen LogP contribution >= 0.6 is 11.3 Å². The van der Waals surface area contributed by atoms with Crippen LogP contribution in [0.5, 0.6) is 11.5 Å². The minimum atomic E-state index is -0.777. The average Bonchev–Trinajstić information content (AvgIpc) is 3.46. The van der Waals surface area contributed by atoms with E-state index in [0.29, 0.717) is 11.1 Å². The van der Waals surface area contributed by atoms with Crippen LogP contribution in [0.25, 0.3) is 6.08 Å². The molecule has 0 spiro atoms. The number of nitro groups is 2. The molecule has 0 saturated carbocycles. The highest BCUT2D eigenvalue weighted by Crippen LogP contribution is 2.34. The lowest BCUT2D eigenvalue weighted by molar-refractivity contribution is -0.394. The fraction of sp³-hybridized carbons (Fsp3) is 0. The van der Waals surface area contributed by atoms with Crippen molar-refractivity contribution in [2.24, 2.45) is 5.10 Å². The zero-order valence-electron chi connectivity index (χ0n) is 20.4. The van der Waals surface area contributed by atoms with Crippen molar-refractivity contribution in [2.45, 2.75) is 0 Å². The van der Waals surface area contributed by atoms with Crippen molar-refractivity contribution in [3.8, 4) is 11.5 Å². The summed E-state index contributed by atoms with van der Waals surface area (Å²) >= 11 is 1.38. The Bertz CT molecular complexity index is 1620. The molecule has 2 amide bonds. The predicted octanol–water partition coefficient (Wildman–Crippen LogP) is 5.28. The number of nitrogens with one attached hydrogen (secondary N) is 2. The maximum Gasteiger partial charge on any atom is 0.318 e. The van der Waals surface area contributed by atoms with Gasteiger partial charge in [-0.15, -0.1) is 11.3 Å². The van der Waals surface area contributed by atoms with Crippen LogP contribution in [0.15, 0.2) is 101 Å². The van der Waals surface area contributed by atoms with Crippen molar-refractivity contribution in [3.63, 3.8) is 0 Å². The zero-order valence-corrected chi connectivity index (χ0v) is 21.2. The molecule has 12 nitrogen and oxygen atoms in total. The van der Waals surface area contributed by atoms with Gasteiger partial charge >= 0.3 is 5.69 Å². The Hall–Kier alpha value is -5.69. The van der Waals surface area contributed by atoms with Crippen LogP contribution in [0, 0.1) is 20.2 Å². The second kappa shape index (κ2) is 12.7. The van der Waals surface area contributed by atoms with Gasteiger partial charge in [0.1, 0.15) is 11.4 Å². The first-order chi connectivity index (χ1) is 19.3. The van der Waals surface area contributed by atoms with Crippen molar-refractivity contribution in [1.29, 1.82) is 0 Å². The molecule has 0 aliphatic carbocycles. The molecular formula is C27H19N5O7S. The summed E-state index contributed by atoms with van der Waals surface area (Å²) in [6.07, 6.45) is 2.85. The number of ether oxygens (including phenoxy) is 1. The number of thiophene rings is 1. The van der Waals surface area contributed by atoms with E-state index < -0.39 is 33.0 Å². The van der Waals surface area contributed by atoms with Gasteiger partial charge in [0.2, 0.25) is 5.75 Å². The topological polar surface area (TPSA) is 166 Å². The van der Waals surface area contributed by atoms with E-state index in [1.165, 1.54) is 35.8 Å². The number of hydrogen-bond donors (Lipinski definition) is 2. The van der Waals surface area contributed by atoms with Gasteiger partial charge < -0.3 is 10.1 Å². The fourth-order valence-corrected chi connectivity index (χ4v) is 3.97. The van der Waals surface area contributed by atoms with Gasteiger partial charge in [-0.25, -0.2) is 5.43 Å². The van der Waals surface area contributed by atoms with E-state index in [1.54, 1.807) is 48.5 Å². The number of carbonyl (C=O) groups is 2. The van der Waals surface area contributed by atoms with E-state index in [2.05, 4.69) is 15.8 Å². The summed E-state index contributed by atoms with van der Waals surface area (Å²) in [7, 11) is 0. The standard InChI is InChI=1S/C27H19N5O7S/c33-26(19-7-2-1-3-8-19)29-23(16-22-10-5-13-40-22)27(34)30-28-17-18-6-4-9-21(14-18)39-25-12-11-20(31(35)36)15-24(25)32(37)38/h1-17H,(H,29,33)(H,30,34)/b23-16+,28-17+. The second-order valence-electron chi connectivity index (χ2n) is 7.93. The maximum absolute atomic E-state index is 12.9. The van der Waals surface area contributed by atoms with Gasteiger partial charge in [0.25, 0.3) is 17.5 Å². The molecule has 1 aromatic heterocycles. The van der Waals surface area contributed by atoms with Crippen LogP contribution in [-0.4, -0.2) is 27.9 Å². The molecule has 0 unspecified atom stereocenters. The van der Waals surface area contributed by atoms with Crippen molar-refractivity contribution >= 4 is 46.8 Å². The molecule has 1 heterocycles. The van der Waals surface area contributed by atoms with Crippen LogP contribution in [0.2, 0.25) is 0 Å². The summed E-state index contributed by atoms with van der Waals surface area (Å²) in [6, 6.07) is 21.3. The van der Waals surface area contributed by atoms with Crippen molar-refractivity contribution in [3.05, 3.63) is 132 Å². The molecule has 4 aromatic rings. The van der Waals surface area contributed by atoms with Crippen molar-refractivity contribution in [2.75, 3.05) is 0 Å². The Morgan fingerprint density at radius 2 is 1.70 bits per heavy atom. The number of benzene rings is 3. The number of hydrazone groups is 1. The Kier molecular flexibility index (Phi) is 8.69. The molecule has 4 rings (SSSR count). The summed E-state index contributed by atoms with van der Waals surface area (Å²) < 4.78 is 5.59. The van der Waals surface area contributed by atoms with Crippen LogP contribution in [0.4, 0.5) is 11.4 Å². The number of nitro benzene ring substituents is 2. The van der Waals surface area contributed by atoms with Gasteiger partial charge in [0, 0.05) is 16.5 Å². The van der Waals surface area contributed by atoms with Gasteiger partial charge in [-0.05, 0) is 53.4 Å². The Labute approximate surface area is 230 Å². The first-order valence-corrected chi connectivity index (χ1v) is 12.3. The highest BCUT2D eigenvalue weighted by atomic mass is 32.1. The number of rotatable bonds is 10. The molecule has 200 valence electrons. The smallest absolute Gasteiger partial charge is 0.318 e. The molecule has 40 heavy (non-hydrogen) atoms. The predicted molar refractivity (Wildman–Crippen MR) is 148 cm³/mol. The maximum atomic E-state index is 12.9. The van der Waals surface area contributed by atoms with Gasteiger partial charge in [0.15, 0.2) is 0 Å². The summed E-state index contributed by atoms with van der Waals surface area (Å²) in [4.78, 5) is 47.1. The first-order valence-electron chi connectivity index (χ1n) is 11.5. The molecule has 0 aliphatic rings. The average molecular weight is 558 g/mol. The monoisotopic (exact) mass is 557 g/mol. The summed E-state index contributed by atoms with van der Waals surface area (Å²) in [5.74, 6) is -1.12. The SMILES string of the molecule is O=C(N/N=C/c1cccc(Oc2ccc([N+](=O)[O-])cc2[N+](=O)[O-])c1)/C(=C\c1cccs1)NC(=O)c1ccccc1. The Balaban J connectivity index is 1.47. The summed E-state index contributed by atoms with van der Waals surface area (Å²) in [6.45, 7) is 0. The fourth-order valence-electron chi connectivity index (χ4n) is 3.32. The molecule has 0 bridgehead atoms. The number of amides is 2. The van der Waals surface area contributed by atoms with Crippen LogP contribution in [0.1, 0.15) is 20.8 Å². The van der Waals surface area contributed by atoms with Gasteiger partial charge in [-0.2, -0.15) is 5.10 Å². The lowest BCUT2D eigenvalue weighted by Crippen LogP contribution is -2.32. The minimum absolute atomic E-state index is 0.0176. The van der Waals surface area contributed by atoms with Gasteiger partial charge in [-0.3, -0.25) is 29.8 Å². The highest BCUT2D eigenvalue weighted by molar-refractivity contribution is 7.10. The number of hydrogen-bond acceptors (Lipinski definition) is 9. The number of non-ortho nitro benzene ring substituents is 1. The second-order valence-corrected chi connectivity index (χ2v) is 8.91. The third-order valence-corrected chi connectivity index (χ3v) is 5.99. The van der Waals surface area contributed by atoms with Gasteiger partial charge in [-0.1, -0.05) is 36.4 Å². The van der Waals surface area contributed by atoms with Crippen LogP contribution < -0.4 is 15.5 Å². The third kappa shape index (κ3) is 7.20. The van der Waals surface area contributed by atoms with E-state index in [0.717, 1.165) is 23.1 Å². The molecular weight excluding hydrogens is 538 g/mol. The zero-order chi connectivity index (χ0) is 28.5. The molecule has 13 heteroatoms.